The van der Waals surface area contributed by atoms with Crippen molar-refractivity contribution in [1.29, 1.82) is 0 Å². The standard InChI is InChI=1S/C15H27N3O/c1-5-13(6-2)18(9-10-19)14-7-8-15(17-11-14)12(3)16-4/h7-8,11-13,16,19H,5-6,9-10H2,1-4H3. The third kappa shape index (κ3) is 4.18. The van der Waals surface area contributed by atoms with Crippen molar-refractivity contribution in [3.63, 3.8) is 0 Å². The molecule has 0 aliphatic rings. The molecule has 1 unspecified atom stereocenters. The molecule has 1 heterocycles. The second kappa shape index (κ2) is 8.12. The second-order valence-corrected chi connectivity index (χ2v) is 4.84. The van der Waals surface area contributed by atoms with E-state index in [9.17, 15) is 5.11 Å². The first-order chi connectivity index (χ1) is 9.17. The molecule has 0 bridgehead atoms. The SMILES string of the molecule is CCC(CC)N(CCO)c1ccc(C(C)NC)nc1. The van der Waals surface area contributed by atoms with Crippen LogP contribution in [0.2, 0.25) is 0 Å². The molecule has 19 heavy (non-hydrogen) atoms. The molecule has 0 saturated heterocycles. The Morgan fingerprint density at radius 3 is 2.42 bits per heavy atom. The molecular weight excluding hydrogens is 238 g/mol. The number of nitrogens with one attached hydrogen (secondary N) is 1. The molecule has 0 aliphatic carbocycles. The number of aromatic nitrogens is 1. The summed E-state index contributed by atoms with van der Waals surface area (Å²) < 4.78 is 0. The molecule has 1 aromatic rings. The second-order valence-electron chi connectivity index (χ2n) is 4.84. The van der Waals surface area contributed by atoms with E-state index >= 15 is 0 Å². The van der Waals surface area contributed by atoms with Gasteiger partial charge in [-0.1, -0.05) is 13.8 Å². The molecule has 0 radical (unpaired) electrons. The molecule has 4 nitrogen and oxygen atoms in total. The van der Waals surface area contributed by atoms with Crippen molar-refractivity contribution >= 4 is 5.69 Å². The van der Waals surface area contributed by atoms with Gasteiger partial charge >= 0.3 is 0 Å². The van der Waals surface area contributed by atoms with E-state index in [0.29, 0.717) is 12.6 Å². The highest BCUT2D eigenvalue weighted by Crippen LogP contribution is 2.21. The fraction of sp³-hybridized carbons (Fsp3) is 0.667. The van der Waals surface area contributed by atoms with Crippen molar-refractivity contribution in [2.45, 2.75) is 45.7 Å². The van der Waals surface area contributed by atoms with Gasteiger partial charge in [-0.25, -0.2) is 0 Å². The third-order valence-corrected chi connectivity index (χ3v) is 3.70. The fourth-order valence-corrected chi connectivity index (χ4v) is 2.33. The topological polar surface area (TPSA) is 48.4 Å². The molecule has 4 heteroatoms. The van der Waals surface area contributed by atoms with Crippen LogP contribution in [-0.4, -0.2) is 36.3 Å². The zero-order chi connectivity index (χ0) is 14.3. The number of rotatable bonds is 8. The first-order valence-corrected chi connectivity index (χ1v) is 7.18. The van der Waals surface area contributed by atoms with Crippen molar-refractivity contribution in [2.75, 3.05) is 25.1 Å². The van der Waals surface area contributed by atoms with Crippen LogP contribution in [0.3, 0.4) is 0 Å². The molecule has 108 valence electrons. The fourth-order valence-electron chi connectivity index (χ4n) is 2.33. The van der Waals surface area contributed by atoms with Gasteiger partial charge in [-0.15, -0.1) is 0 Å². The van der Waals surface area contributed by atoms with Crippen LogP contribution >= 0.6 is 0 Å². The number of anilines is 1. The lowest BCUT2D eigenvalue weighted by atomic mass is 10.1. The quantitative estimate of drug-likeness (QED) is 0.757. The van der Waals surface area contributed by atoms with Crippen LogP contribution in [0.4, 0.5) is 5.69 Å². The number of aliphatic hydroxyl groups excluding tert-OH is 1. The van der Waals surface area contributed by atoms with Crippen LogP contribution < -0.4 is 10.2 Å². The van der Waals surface area contributed by atoms with E-state index in [1.807, 2.05) is 13.2 Å². The van der Waals surface area contributed by atoms with Crippen LogP contribution in [-0.2, 0) is 0 Å². The zero-order valence-electron chi connectivity index (χ0n) is 12.6. The summed E-state index contributed by atoms with van der Waals surface area (Å²) in [5.74, 6) is 0. The van der Waals surface area contributed by atoms with Gasteiger partial charge in [0.1, 0.15) is 0 Å². The van der Waals surface area contributed by atoms with E-state index in [2.05, 4.69) is 48.1 Å². The average molecular weight is 265 g/mol. The maximum atomic E-state index is 9.25. The smallest absolute Gasteiger partial charge is 0.0606 e. The Morgan fingerprint density at radius 1 is 1.32 bits per heavy atom. The van der Waals surface area contributed by atoms with Gasteiger partial charge in [0.2, 0.25) is 0 Å². The summed E-state index contributed by atoms with van der Waals surface area (Å²) in [6.07, 6.45) is 4.06. The Kier molecular flexibility index (Phi) is 6.81. The summed E-state index contributed by atoms with van der Waals surface area (Å²) in [5.41, 5.74) is 2.13. The number of hydrogen-bond acceptors (Lipinski definition) is 4. The van der Waals surface area contributed by atoms with Gasteiger partial charge < -0.3 is 15.3 Å². The van der Waals surface area contributed by atoms with Crippen LogP contribution in [0, 0.1) is 0 Å². The Morgan fingerprint density at radius 2 is 2.00 bits per heavy atom. The summed E-state index contributed by atoms with van der Waals surface area (Å²) in [6.45, 7) is 7.29. The summed E-state index contributed by atoms with van der Waals surface area (Å²) in [4.78, 5) is 6.77. The minimum atomic E-state index is 0.172. The average Bonchev–Trinajstić information content (AvgIpc) is 2.47. The molecule has 0 amide bonds. The summed E-state index contributed by atoms with van der Waals surface area (Å²) in [5, 5.41) is 12.4. The molecule has 0 aromatic carbocycles. The number of aliphatic hydroxyl groups is 1. The molecule has 0 spiro atoms. The van der Waals surface area contributed by atoms with E-state index in [0.717, 1.165) is 24.2 Å². The lowest BCUT2D eigenvalue weighted by Crippen LogP contribution is -2.36. The van der Waals surface area contributed by atoms with Crippen molar-refractivity contribution in [2.24, 2.45) is 0 Å². The van der Waals surface area contributed by atoms with Gasteiger partial charge in [0.05, 0.1) is 24.2 Å². The molecule has 1 atom stereocenters. The minimum Gasteiger partial charge on any atom is -0.395 e. The Balaban J connectivity index is 2.90. The highest BCUT2D eigenvalue weighted by atomic mass is 16.3. The van der Waals surface area contributed by atoms with Crippen molar-refractivity contribution in [1.82, 2.24) is 10.3 Å². The first-order valence-electron chi connectivity index (χ1n) is 7.18. The maximum absolute atomic E-state index is 9.25. The monoisotopic (exact) mass is 265 g/mol. The largest absolute Gasteiger partial charge is 0.395 e. The first kappa shape index (κ1) is 15.9. The van der Waals surface area contributed by atoms with Crippen LogP contribution in [0.25, 0.3) is 0 Å². The predicted molar refractivity (Wildman–Crippen MR) is 80.5 cm³/mol. The summed E-state index contributed by atoms with van der Waals surface area (Å²) in [7, 11) is 1.93. The number of pyridine rings is 1. The molecule has 1 rings (SSSR count). The highest BCUT2D eigenvalue weighted by molar-refractivity contribution is 5.46. The van der Waals surface area contributed by atoms with Crippen LogP contribution in [0.5, 0.6) is 0 Å². The predicted octanol–water partition coefficient (Wildman–Crippen LogP) is 2.35. The normalized spacial score (nSPS) is 12.7. The molecular formula is C15H27N3O. The molecule has 0 fully saturated rings. The Labute approximate surface area is 116 Å². The molecule has 1 aromatic heterocycles. The van der Waals surface area contributed by atoms with E-state index in [1.54, 1.807) is 0 Å². The number of nitrogens with zero attached hydrogens (tertiary/aromatic N) is 2. The van der Waals surface area contributed by atoms with Gasteiger partial charge in [-0.2, -0.15) is 0 Å². The lowest BCUT2D eigenvalue weighted by molar-refractivity contribution is 0.296. The maximum Gasteiger partial charge on any atom is 0.0606 e. The van der Waals surface area contributed by atoms with Gasteiger partial charge in [0, 0.05) is 18.6 Å². The van der Waals surface area contributed by atoms with Crippen LogP contribution in [0.15, 0.2) is 18.3 Å². The van der Waals surface area contributed by atoms with Crippen molar-refractivity contribution in [3.8, 4) is 0 Å². The van der Waals surface area contributed by atoms with E-state index in [4.69, 9.17) is 0 Å². The van der Waals surface area contributed by atoms with Crippen LogP contribution in [0.1, 0.15) is 45.3 Å². The molecule has 0 saturated carbocycles. The Hall–Kier alpha value is -1.13. The van der Waals surface area contributed by atoms with E-state index in [1.165, 1.54) is 0 Å². The lowest BCUT2D eigenvalue weighted by Gasteiger charge is -2.32. The van der Waals surface area contributed by atoms with E-state index < -0.39 is 0 Å². The molecule has 2 N–H and O–H groups in total. The van der Waals surface area contributed by atoms with Crippen molar-refractivity contribution in [3.05, 3.63) is 24.0 Å². The van der Waals surface area contributed by atoms with Gasteiger partial charge in [0.15, 0.2) is 0 Å². The molecule has 0 aliphatic heterocycles. The minimum absolute atomic E-state index is 0.172. The third-order valence-electron chi connectivity index (χ3n) is 3.70. The van der Waals surface area contributed by atoms with Gasteiger partial charge in [-0.3, -0.25) is 4.98 Å². The highest BCUT2D eigenvalue weighted by Gasteiger charge is 2.16. The zero-order valence-corrected chi connectivity index (χ0v) is 12.6. The van der Waals surface area contributed by atoms with Gasteiger partial charge in [-0.05, 0) is 38.9 Å². The van der Waals surface area contributed by atoms with Gasteiger partial charge in [0.25, 0.3) is 0 Å². The summed E-state index contributed by atoms with van der Waals surface area (Å²) >= 11 is 0. The number of hydrogen-bond donors (Lipinski definition) is 2. The summed E-state index contributed by atoms with van der Waals surface area (Å²) in [6, 6.07) is 4.88. The Bertz CT molecular complexity index is 349. The van der Waals surface area contributed by atoms with E-state index in [-0.39, 0.29) is 12.6 Å². The van der Waals surface area contributed by atoms with Crippen molar-refractivity contribution < 1.29 is 5.11 Å².